The molecule has 0 aliphatic carbocycles. The van der Waals surface area contributed by atoms with Crippen molar-refractivity contribution >= 4 is 0 Å². The van der Waals surface area contributed by atoms with Gasteiger partial charge in [0.05, 0.1) is 6.10 Å². The van der Waals surface area contributed by atoms with Gasteiger partial charge in [0.15, 0.2) is 11.5 Å². The summed E-state index contributed by atoms with van der Waals surface area (Å²) in [6, 6.07) is 15.4. The largest absolute Gasteiger partial charge is 0.508 e. The highest BCUT2D eigenvalue weighted by atomic mass is 16.5. The van der Waals surface area contributed by atoms with Crippen LogP contribution in [0.5, 0.6) is 34.5 Å². The molecular formula is C21H20O7. The van der Waals surface area contributed by atoms with Crippen molar-refractivity contribution in [2.75, 3.05) is 0 Å². The van der Waals surface area contributed by atoms with E-state index in [0.717, 1.165) is 0 Å². The molecule has 28 heavy (non-hydrogen) atoms. The fourth-order valence-electron chi connectivity index (χ4n) is 2.89. The van der Waals surface area contributed by atoms with Crippen molar-refractivity contribution in [1.82, 2.24) is 0 Å². The number of benzene rings is 3. The number of rotatable bonds is 1. The first-order valence-corrected chi connectivity index (χ1v) is 8.50. The van der Waals surface area contributed by atoms with Gasteiger partial charge in [-0.2, -0.15) is 0 Å². The van der Waals surface area contributed by atoms with Crippen LogP contribution >= 0.6 is 0 Å². The minimum atomic E-state index is -0.933. The van der Waals surface area contributed by atoms with E-state index in [9.17, 15) is 25.5 Å². The van der Waals surface area contributed by atoms with Crippen LogP contribution in [-0.2, 0) is 6.42 Å². The van der Waals surface area contributed by atoms with Crippen molar-refractivity contribution in [2.24, 2.45) is 0 Å². The first-order chi connectivity index (χ1) is 13.3. The predicted molar refractivity (Wildman–Crippen MR) is 101 cm³/mol. The topological polar surface area (TPSA) is 131 Å². The van der Waals surface area contributed by atoms with Crippen LogP contribution in [0.3, 0.4) is 0 Å². The fraction of sp³-hybridized carbons (Fsp3) is 0.143. The van der Waals surface area contributed by atoms with E-state index in [-0.39, 0.29) is 35.2 Å². The number of ether oxygens (including phenoxy) is 1. The van der Waals surface area contributed by atoms with Crippen LogP contribution in [0.15, 0.2) is 60.7 Å². The Hall–Kier alpha value is -3.58. The molecule has 1 heterocycles. The number of hydrogen-bond acceptors (Lipinski definition) is 7. The second-order valence-corrected chi connectivity index (χ2v) is 6.34. The van der Waals surface area contributed by atoms with Crippen LogP contribution in [0.4, 0.5) is 0 Å². The van der Waals surface area contributed by atoms with Gasteiger partial charge in [0.1, 0.15) is 29.1 Å². The summed E-state index contributed by atoms with van der Waals surface area (Å²) in [4.78, 5) is 0. The Bertz CT molecular complexity index is 956. The molecule has 4 rings (SSSR count). The maximum Gasteiger partial charge on any atom is 0.157 e. The smallest absolute Gasteiger partial charge is 0.157 e. The van der Waals surface area contributed by atoms with E-state index in [1.54, 1.807) is 24.3 Å². The van der Waals surface area contributed by atoms with Crippen LogP contribution < -0.4 is 4.74 Å². The molecule has 3 aromatic rings. The molecule has 0 saturated heterocycles. The number of aromatic hydroxyl groups is 5. The molecule has 0 unspecified atom stereocenters. The molecule has 2 atom stereocenters. The molecule has 0 amide bonds. The molecule has 0 radical (unpaired) electrons. The van der Waals surface area contributed by atoms with Crippen LogP contribution in [0, 0.1) is 0 Å². The average molecular weight is 384 g/mol. The number of hydrogen-bond donors (Lipinski definition) is 6. The summed E-state index contributed by atoms with van der Waals surface area (Å²) in [5.74, 6) is -0.267. The Morgan fingerprint density at radius 1 is 0.714 bits per heavy atom. The van der Waals surface area contributed by atoms with Crippen molar-refractivity contribution in [3.63, 3.8) is 0 Å². The molecule has 0 saturated carbocycles. The van der Waals surface area contributed by atoms with Gasteiger partial charge in [-0.1, -0.05) is 24.3 Å². The van der Waals surface area contributed by atoms with Crippen LogP contribution in [0.1, 0.15) is 17.2 Å². The Morgan fingerprint density at radius 2 is 1.43 bits per heavy atom. The Morgan fingerprint density at radius 3 is 2.04 bits per heavy atom. The molecule has 0 aromatic heterocycles. The zero-order chi connectivity index (χ0) is 20.3. The third kappa shape index (κ3) is 4.21. The number of aliphatic hydroxyl groups excluding tert-OH is 1. The average Bonchev–Trinajstić information content (AvgIpc) is 2.65. The highest BCUT2D eigenvalue weighted by Crippen LogP contribution is 2.42. The number of fused-ring (bicyclic) bond motifs is 1. The van der Waals surface area contributed by atoms with Gasteiger partial charge >= 0.3 is 0 Å². The number of phenolic OH excluding ortho intramolecular Hbond substituents is 5. The molecule has 6 N–H and O–H groups in total. The van der Waals surface area contributed by atoms with Gasteiger partial charge in [-0.15, -0.1) is 0 Å². The van der Waals surface area contributed by atoms with Gasteiger partial charge in [0, 0.05) is 24.1 Å². The van der Waals surface area contributed by atoms with Crippen molar-refractivity contribution < 1.29 is 35.4 Å². The van der Waals surface area contributed by atoms with Crippen molar-refractivity contribution in [3.8, 4) is 34.5 Å². The number of phenols is 5. The zero-order valence-corrected chi connectivity index (χ0v) is 14.7. The Kier molecular flexibility index (Phi) is 5.47. The lowest BCUT2D eigenvalue weighted by Gasteiger charge is -2.31. The quantitative estimate of drug-likeness (QED) is 0.356. The van der Waals surface area contributed by atoms with E-state index < -0.39 is 12.2 Å². The van der Waals surface area contributed by atoms with Crippen LogP contribution in [0.2, 0.25) is 0 Å². The van der Waals surface area contributed by atoms with E-state index in [0.29, 0.717) is 16.9 Å². The molecule has 0 bridgehead atoms. The summed E-state index contributed by atoms with van der Waals surface area (Å²) in [6.45, 7) is 0. The highest BCUT2D eigenvalue weighted by molar-refractivity contribution is 5.52. The molecule has 0 fully saturated rings. The molecule has 146 valence electrons. The Balaban J connectivity index is 0.000000271. The monoisotopic (exact) mass is 384 g/mol. The molecule has 1 aliphatic heterocycles. The van der Waals surface area contributed by atoms with E-state index in [2.05, 4.69) is 0 Å². The lowest BCUT2D eigenvalue weighted by Crippen LogP contribution is -2.30. The minimum Gasteiger partial charge on any atom is -0.508 e. The van der Waals surface area contributed by atoms with Crippen molar-refractivity contribution in [1.29, 1.82) is 0 Å². The van der Waals surface area contributed by atoms with Gasteiger partial charge in [-0.05, 0) is 29.8 Å². The molecule has 3 aromatic carbocycles. The maximum atomic E-state index is 10.2. The summed E-state index contributed by atoms with van der Waals surface area (Å²) in [7, 11) is 0. The van der Waals surface area contributed by atoms with E-state index in [1.807, 2.05) is 6.07 Å². The lowest BCUT2D eigenvalue weighted by molar-refractivity contribution is 0.0197. The fourth-order valence-corrected chi connectivity index (χ4v) is 2.89. The second-order valence-electron chi connectivity index (χ2n) is 6.34. The van der Waals surface area contributed by atoms with Gasteiger partial charge in [0.25, 0.3) is 0 Å². The number of para-hydroxylation sites is 1. The standard InChI is InChI=1S/C15H14O6.C6H6O/c16-8-4-11(18)9-6-13(20)15(21-14(9)5-8)7-1-2-10(17)12(19)3-7;7-6-4-2-1-3-5-6/h1-5,13,15-20H,6H2;1-5,7H/t13-,15+;/m0./s1. The number of aliphatic hydroxyl groups is 1. The first kappa shape index (κ1) is 19.2. The van der Waals surface area contributed by atoms with Crippen LogP contribution in [-0.4, -0.2) is 36.7 Å². The summed E-state index contributed by atoms with van der Waals surface area (Å²) in [6.07, 6.45) is -1.56. The second kappa shape index (κ2) is 7.98. The SMILES string of the molecule is Oc1cc(O)c2c(c1)O[C@H](c1ccc(O)c(O)c1)[C@@H](O)C2.Oc1ccccc1. The normalized spacial score (nSPS) is 17.6. The molecular weight excluding hydrogens is 364 g/mol. The van der Waals surface area contributed by atoms with E-state index >= 15 is 0 Å². The zero-order valence-electron chi connectivity index (χ0n) is 14.7. The lowest BCUT2D eigenvalue weighted by atomic mass is 9.94. The van der Waals surface area contributed by atoms with Gasteiger partial charge in [-0.25, -0.2) is 0 Å². The third-order valence-corrected chi connectivity index (χ3v) is 4.27. The molecule has 0 spiro atoms. The van der Waals surface area contributed by atoms with Crippen molar-refractivity contribution in [2.45, 2.75) is 18.6 Å². The maximum absolute atomic E-state index is 10.2. The summed E-state index contributed by atoms with van der Waals surface area (Å²) in [5.41, 5.74) is 0.894. The summed E-state index contributed by atoms with van der Waals surface area (Å²) in [5, 5.41) is 56.9. The summed E-state index contributed by atoms with van der Waals surface area (Å²) < 4.78 is 5.62. The minimum absolute atomic E-state index is 0.143. The predicted octanol–water partition coefficient (Wildman–Crippen LogP) is 2.94. The Labute approximate surface area is 161 Å². The van der Waals surface area contributed by atoms with Crippen molar-refractivity contribution in [3.05, 3.63) is 71.8 Å². The first-order valence-electron chi connectivity index (χ1n) is 8.50. The van der Waals surface area contributed by atoms with Gasteiger partial charge < -0.3 is 35.4 Å². The third-order valence-electron chi connectivity index (χ3n) is 4.27. The van der Waals surface area contributed by atoms with E-state index in [1.165, 1.54) is 30.3 Å². The van der Waals surface area contributed by atoms with Gasteiger partial charge in [0.2, 0.25) is 0 Å². The molecule has 7 nitrogen and oxygen atoms in total. The highest BCUT2D eigenvalue weighted by Gasteiger charge is 2.32. The van der Waals surface area contributed by atoms with Crippen LogP contribution in [0.25, 0.3) is 0 Å². The van der Waals surface area contributed by atoms with Gasteiger partial charge in [-0.3, -0.25) is 0 Å². The summed E-state index contributed by atoms with van der Waals surface area (Å²) >= 11 is 0. The van der Waals surface area contributed by atoms with E-state index in [4.69, 9.17) is 9.84 Å². The molecule has 1 aliphatic rings. The molecule has 7 heteroatoms.